The van der Waals surface area contributed by atoms with Gasteiger partial charge >= 0.3 is 11.9 Å². The van der Waals surface area contributed by atoms with Crippen LogP contribution < -0.4 is 0 Å². The topological polar surface area (TPSA) is 52.6 Å². The van der Waals surface area contributed by atoms with Gasteiger partial charge in [0.15, 0.2) is 0 Å². The quantitative estimate of drug-likeness (QED) is 0.772. The van der Waals surface area contributed by atoms with Gasteiger partial charge in [0.2, 0.25) is 0 Å². The minimum absolute atomic E-state index is 0.0206. The summed E-state index contributed by atoms with van der Waals surface area (Å²) in [5.41, 5.74) is 0.996. The van der Waals surface area contributed by atoms with Gasteiger partial charge in [-0.2, -0.15) is 0 Å². The van der Waals surface area contributed by atoms with Crippen molar-refractivity contribution in [2.24, 2.45) is 5.92 Å². The predicted molar refractivity (Wildman–Crippen MR) is 90.0 cm³/mol. The normalized spacial score (nSPS) is 14.3. The molecule has 0 amide bonds. The summed E-state index contributed by atoms with van der Waals surface area (Å²) in [6, 6.07) is 9.58. The van der Waals surface area contributed by atoms with E-state index in [1.807, 2.05) is 44.2 Å². The fourth-order valence-electron chi connectivity index (χ4n) is 2.57. The van der Waals surface area contributed by atoms with E-state index in [9.17, 15) is 9.59 Å². The fourth-order valence-corrected chi connectivity index (χ4v) is 2.57. The zero-order valence-electron chi connectivity index (χ0n) is 14.3. The Labute approximate surface area is 139 Å². The highest BCUT2D eigenvalue weighted by Gasteiger charge is 2.21. The third-order valence-electron chi connectivity index (χ3n) is 3.72. The summed E-state index contributed by atoms with van der Waals surface area (Å²) in [6.07, 6.45) is 6.13. The van der Waals surface area contributed by atoms with E-state index in [2.05, 4.69) is 0 Å². The molecule has 1 aliphatic carbocycles. The summed E-state index contributed by atoms with van der Waals surface area (Å²) in [6.45, 7) is 4.64. The zero-order valence-corrected chi connectivity index (χ0v) is 14.3. The smallest absolute Gasteiger partial charge is 0.310 e. The minimum Gasteiger partial charge on any atom is -0.466 e. The molecule has 2 rings (SSSR count). The highest BCUT2D eigenvalue weighted by atomic mass is 16.5. The van der Waals surface area contributed by atoms with Crippen LogP contribution in [0.3, 0.4) is 0 Å². The van der Waals surface area contributed by atoms with E-state index in [1.165, 1.54) is 19.3 Å². The number of carbonyl (C=O) groups excluding carboxylic acids is 2. The van der Waals surface area contributed by atoms with Crippen LogP contribution in [0.15, 0.2) is 30.3 Å². The molecular weight excluding hydrogens is 292 g/mol. The van der Waals surface area contributed by atoms with Gasteiger partial charge in [-0.05, 0) is 32.3 Å². The Morgan fingerprint density at radius 3 is 2.13 bits per heavy atom. The molecule has 0 N–H and O–H groups in total. The first-order valence-electron chi connectivity index (χ1n) is 8.53. The van der Waals surface area contributed by atoms with Crippen LogP contribution in [0.4, 0.5) is 0 Å². The van der Waals surface area contributed by atoms with Gasteiger partial charge < -0.3 is 9.47 Å². The summed E-state index contributed by atoms with van der Waals surface area (Å²) in [5.74, 6) is 0.0691. The summed E-state index contributed by atoms with van der Waals surface area (Å²) in [4.78, 5) is 22.2. The molecule has 4 heteroatoms. The highest BCUT2D eigenvalue weighted by Crippen LogP contribution is 2.24. The Balaban J connectivity index is 0.000000231. The second kappa shape index (κ2) is 11.7. The van der Waals surface area contributed by atoms with Crippen LogP contribution in [0.25, 0.3) is 0 Å². The fraction of sp³-hybridized carbons (Fsp3) is 0.579. The lowest BCUT2D eigenvalue weighted by molar-refractivity contribution is -0.149. The van der Waals surface area contributed by atoms with Crippen molar-refractivity contribution in [2.45, 2.75) is 52.4 Å². The number of carbonyl (C=O) groups is 2. The molecule has 1 fully saturated rings. The molecule has 0 radical (unpaired) electrons. The van der Waals surface area contributed by atoms with Gasteiger partial charge in [-0.1, -0.05) is 49.6 Å². The van der Waals surface area contributed by atoms with Crippen LogP contribution in [-0.4, -0.2) is 25.2 Å². The molecule has 0 spiro atoms. The van der Waals surface area contributed by atoms with Crippen molar-refractivity contribution >= 4 is 11.9 Å². The molecule has 0 unspecified atom stereocenters. The van der Waals surface area contributed by atoms with Crippen LogP contribution in [0.2, 0.25) is 0 Å². The van der Waals surface area contributed by atoms with E-state index in [-0.39, 0.29) is 17.9 Å². The zero-order chi connectivity index (χ0) is 16.9. The molecule has 1 aliphatic rings. The van der Waals surface area contributed by atoms with Crippen LogP contribution in [-0.2, 0) is 25.5 Å². The number of rotatable bonds is 5. The first-order valence-corrected chi connectivity index (χ1v) is 8.53. The molecule has 23 heavy (non-hydrogen) atoms. The molecular formula is C19H28O4. The summed E-state index contributed by atoms with van der Waals surface area (Å²) < 4.78 is 9.75. The number of benzene rings is 1. The van der Waals surface area contributed by atoms with Crippen molar-refractivity contribution < 1.29 is 19.1 Å². The van der Waals surface area contributed by atoms with Crippen LogP contribution in [0.1, 0.15) is 51.5 Å². The Hall–Kier alpha value is -1.84. The molecule has 1 aromatic carbocycles. The summed E-state index contributed by atoms with van der Waals surface area (Å²) >= 11 is 0. The summed E-state index contributed by atoms with van der Waals surface area (Å²) in [7, 11) is 0. The van der Waals surface area contributed by atoms with Crippen LogP contribution >= 0.6 is 0 Å². The van der Waals surface area contributed by atoms with E-state index < -0.39 is 0 Å². The predicted octanol–water partition coefficient (Wildman–Crippen LogP) is 3.92. The van der Waals surface area contributed by atoms with E-state index in [1.54, 1.807) is 0 Å². The van der Waals surface area contributed by atoms with Gasteiger partial charge in [-0.3, -0.25) is 9.59 Å². The second-order valence-corrected chi connectivity index (χ2v) is 5.55. The Morgan fingerprint density at radius 1 is 0.957 bits per heavy atom. The van der Waals surface area contributed by atoms with Crippen molar-refractivity contribution in [3.8, 4) is 0 Å². The largest absolute Gasteiger partial charge is 0.466 e. The van der Waals surface area contributed by atoms with Crippen molar-refractivity contribution in [1.29, 1.82) is 0 Å². The van der Waals surface area contributed by atoms with Gasteiger partial charge in [-0.15, -0.1) is 0 Å². The molecule has 128 valence electrons. The molecule has 4 nitrogen and oxygen atoms in total. The van der Waals surface area contributed by atoms with E-state index in [0.717, 1.165) is 18.4 Å². The third kappa shape index (κ3) is 8.38. The van der Waals surface area contributed by atoms with Crippen LogP contribution in [0, 0.1) is 5.92 Å². The average molecular weight is 320 g/mol. The van der Waals surface area contributed by atoms with Crippen molar-refractivity contribution in [3.63, 3.8) is 0 Å². The first kappa shape index (κ1) is 19.2. The van der Waals surface area contributed by atoms with E-state index in [4.69, 9.17) is 9.47 Å². The lowest BCUT2D eigenvalue weighted by atomic mass is 9.89. The Kier molecular flexibility index (Phi) is 9.76. The maximum Gasteiger partial charge on any atom is 0.310 e. The molecule has 0 heterocycles. The molecule has 0 bridgehead atoms. The van der Waals surface area contributed by atoms with Crippen LogP contribution in [0.5, 0.6) is 0 Å². The van der Waals surface area contributed by atoms with Gasteiger partial charge in [0.25, 0.3) is 0 Å². The van der Waals surface area contributed by atoms with Crippen molar-refractivity contribution in [1.82, 2.24) is 0 Å². The van der Waals surface area contributed by atoms with Gasteiger partial charge in [0.05, 0.1) is 25.6 Å². The number of hydrogen-bond donors (Lipinski definition) is 0. The van der Waals surface area contributed by atoms with Crippen molar-refractivity contribution in [2.75, 3.05) is 13.2 Å². The lowest BCUT2D eigenvalue weighted by Crippen LogP contribution is -2.20. The number of hydrogen-bond acceptors (Lipinski definition) is 4. The first-order chi connectivity index (χ1) is 11.2. The van der Waals surface area contributed by atoms with E-state index >= 15 is 0 Å². The molecule has 0 saturated heterocycles. The molecule has 0 atom stereocenters. The number of esters is 2. The highest BCUT2D eigenvalue weighted by molar-refractivity contribution is 5.72. The SMILES string of the molecule is CCOC(=O)C1CCCCC1.CCOC(=O)Cc1ccccc1. The van der Waals surface area contributed by atoms with Gasteiger partial charge in [-0.25, -0.2) is 0 Å². The summed E-state index contributed by atoms with van der Waals surface area (Å²) in [5, 5.41) is 0. The molecule has 0 aromatic heterocycles. The maximum absolute atomic E-state index is 11.2. The molecule has 1 saturated carbocycles. The minimum atomic E-state index is -0.163. The van der Waals surface area contributed by atoms with Gasteiger partial charge in [0, 0.05) is 0 Å². The van der Waals surface area contributed by atoms with E-state index in [0.29, 0.717) is 19.6 Å². The standard InChI is InChI=1S/C10H12O2.C9H16O2/c1-2-12-10(11)8-9-6-4-3-5-7-9;1-2-11-9(10)8-6-4-3-5-7-8/h3-7H,2,8H2,1H3;8H,2-7H2,1H3. The number of ether oxygens (including phenoxy) is 2. The third-order valence-corrected chi connectivity index (χ3v) is 3.72. The Bertz CT molecular complexity index is 450. The average Bonchev–Trinajstić information content (AvgIpc) is 2.57. The molecule has 0 aliphatic heterocycles. The molecule has 1 aromatic rings. The second-order valence-electron chi connectivity index (χ2n) is 5.55. The lowest BCUT2D eigenvalue weighted by Gasteiger charge is -2.19. The van der Waals surface area contributed by atoms with Gasteiger partial charge in [0.1, 0.15) is 0 Å². The Morgan fingerprint density at radius 2 is 1.57 bits per heavy atom. The monoisotopic (exact) mass is 320 g/mol. The van der Waals surface area contributed by atoms with Crippen molar-refractivity contribution in [3.05, 3.63) is 35.9 Å². The maximum atomic E-state index is 11.2.